The lowest BCUT2D eigenvalue weighted by Gasteiger charge is -2.17. The second-order valence-electron chi connectivity index (χ2n) is 5.39. The van der Waals surface area contributed by atoms with E-state index in [4.69, 9.17) is 0 Å². The van der Waals surface area contributed by atoms with E-state index in [2.05, 4.69) is 50.3 Å². The first kappa shape index (κ1) is 11.5. The Kier molecular flexibility index (Phi) is 2.95. The number of hydrogen-bond donors (Lipinski definition) is 0. The Morgan fingerprint density at radius 2 is 1.72 bits per heavy atom. The molecule has 0 spiro atoms. The van der Waals surface area contributed by atoms with E-state index in [0.717, 1.165) is 0 Å². The van der Waals surface area contributed by atoms with Crippen LogP contribution in [-0.2, 0) is 0 Å². The topological polar surface area (TPSA) is 0 Å². The van der Waals surface area contributed by atoms with Crippen molar-refractivity contribution in [3.63, 3.8) is 0 Å². The number of aryl methyl sites for hydroxylation is 2. The van der Waals surface area contributed by atoms with Gasteiger partial charge in [-0.15, -0.1) is 0 Å². The molecule has 0 heteroatoms. The lowest BCUT2D eigenvalue weighted by atomic mass is 9.87. The fourth-order valence-electron chi connectivity index (χ4n) is 3.01. The van der Waals surface area contributed by atoms with E-state index in [0.29, 0.717) is 0 Å². The number of hydrogen-bond acceptors (Lipinski definition) is 0. The first-order valence-electron chi connectivity index (χ1n) is 6.96. The number of allylic oxidation sites excluding steroid dienone is 2. The van der Waals surface area contributed by atoms with Gasteiger partial charge in [-0.2, -0.15) is 0 Å². The molecule has 2 aromatic rings. The minimum atomic E-state index is 1.24. The lowest BCUT2D eigenvalue weighted by Crippen LogP contribution is -1.95. The van der Waals surface area contributed by atoms with E-state index in [1.54, 1.807) is 5.57 Å². The summed E-state index contributed by atoms with van der Waals surface area (Å²) in [4.78, 5) is 0. The van der Waals surface area contributed by atoms with Crippen LogP contribution in [0.5, 0.6) is 0 Å². The molecule has 0 nitrogen and oxygen atoms in total. The predicted molar refractivity (Wildman–Crippen MR) is 79.9 cm³/mol. The first-order chi connectivity index (χ1) is 8.77. The van der Waals surface area contributed by atoms with Crippen molar-refractivity contribution in [1.29, 1.82) is 0 Å². The van der Waals surface area contributed by atoms with Gasteiger partial charge in [0.25, 0.3) is 0 Å². The minimum absolute atomic E-state index is 1.24. The van der Waals surface area contributed by atoms with Crippen LogP contribution in [0.25, 0.3) is 16.3 Å². The zero-order valence-electron chi connectivity index (χ0n) is 11.3. The number of benzene rings is 2. The van der Waals surface area contributed by atoms with Gasteiger partial charge in [-0.05, 0) is 72.6 Å². The standard InChI is InChI=1S/C18H20/c1-13-12-18(15-8-4-3-5-9-15)17-11-7-6-10-16(17)14(13)2/h6-8,10-12H,3-5,9H2,1-2H3. The smallest absolute Gasteiger partial charge is 0.0106 e. The summed E-state index contributed by atoms with van der Waals surface area (Å²) in [5, 5.41) is 2.84. The third-order valence-corrected chi connectivity index (χ3v) is 4.21. The van der Waals surface area contributed by atoms with Crippen LogP contribution in [0, 0.1) is 13.8 Å². The highest BCUT2D eigenvalue weighted by atomic mass is 14.2. The zero-order valence-corrected chi connectivity index (χ0v) is 11.3. The van der Waals surface area contributed by atoms with Crippen LogP contribution in [0.4, 0.5) is 0 Å². The second kappa shape index (κ2) is 4.61. The monoisotopic (exact) mass is 236 g/mol. The second-order valence-corrected chi connectivity index (χ2v) is 5.39. The Hall–Kier alpha value is -1.56. The van der Waals surface area contributed by atoms with Crippen molar-refractivity contribution in [2.75, 3.05) is 0 Å². The molecule has 0 saturated carbocycles. The molecule has 18 heavy (non-hydrogen) atoms. The molecule has 0 aromatic heterocycles. The van der Waals surface area contributed by atoms with Crippen LogP contribution in [0.3, 0.4) is 0 Å². The van der Waals surface area contributed by atoms with E-state index in [9.17, 15) is 0 Å². The predicted octanol–water partition coefficient (Wildman–Crippen LogP) is 5.41. The maximum absolute atomic E-state index is 2.44. The van der Waals surface area contributed by atoms with Gasteiger partial charge in [0.15, 0.2) is 0 Å². The molecule has 0 saturated heterocycles. The summed E-state index contributed by atoms with van der Waals surface area (Å²) in [6.45, 7) is 4.46. The van der Waals surface area contributed by atoms with Crippen LogP contribution in [0.1, 0.15) is 42.4 Å². The fourth-order valence-corrected chi connectivity index (χ4v) is 3.01. The largest absolute Gasteiger partial charge is 0.0807 e. The molecule has 0 heterocycles. The van der Waals surface area contributed by atoms with E-state index in [1.807, 2.05) is 0 Å². The van der Waals surface area contributed by atoms with Gasteiger partial charge in [0.05, 0.1) is 0 Å². The van der Waals surface area contributed by atoms with Crippen LogP contribution in [0.15, 0.2) is 36.4 Å². The van der Waals surface area contributed by atoms with Crippen LogP contribution >= 0.6 is 0 Å². The molecule has 0 fully saturated rings. The Labute approximate surface area is 109 Å². The Balaban J connectivity index is 2.29. The Bertz CT molecular complexity index is 617. The van der Waals surface area contributed by atoms with Crippen LogP contribution in [0.2, 0.25) is 0 Å². The first-order valence-corrected chi connectivity index (χ1v) is 6.96. The van der Waals surface area contributed by atoms with E-state index in [1.165, 1.54) is 53.1 Å². The molecule has 0 aliphatic heterocycles. The van der Waals surface area contributed by atoms with Gasteiger partial charge in [-0.25, -0.2) is 0 Å². The third-order valence-electron chi connectivity index (χ3n) is 4.21. The molecule has 0 bridgehead atoms. The van der Waals surface area contributed by atoms with E-state index >= 15 is 0 Å². The Morgan fingerprint density at radius 3 is 2.44 bits per heavy atom. The van der Waals surface area contributed by atoms with Gasteiger partial charge < -0.3 is 0 Å². The highest BCUT2D eigenvalue weighted by molar-refractivity contribution is 5.96. The maximum atomic E-state index is 2.44. The fraction of sp³-hybridized carbons (Fsp3) is 0.333. The molecule has 1 aliphatic carbocycles. The molecule has 3 rings (SSSR count). The summed E-state index contributed by atoms with van der Waals surface area (Å²) >= 11 is 0. The molecule has 0 N–H and O–H groups in total. The Morgan fingerprint density at radius 1 is 0.944 bits per heavy atom. The van der Waals surface area contributed by atoms with Crippen molar-refractivity contribution in [1.82, 2.24) is 0 Å². The third kappa shape index (κ3) is 1.86. The summed E-state index contributed by atoms with van der Waals surface area (Å²) < 4.78 is 0. The van der Waals surface area contributed by atoms with Gasteiger partial charge >= 0.3 is 0 Å². The lowest BCUT2D eigenvalue weighted by molar-refractivity contribution is 0.742. The van der Waals surface area contributed by atoms with Crippen molar-refractivity contribution in [3.8, 4) is 0 Å². The minimum Gasteiger partial charge on any atom is -0.0807 e. The van der Waals surface area contributed by atoms with Gasteiger partial charge in [-0.1, -0.05) is 36.4 Å². The summed E-state index contributed by atoms with van der Waals surface area (Å²) in [5.74, 6) is 0. The van der Waals surface area contributed by atoms with Gasteiger partial charge in [0, 0.05) is 0 Å². The highest BCUT2D eigenvalue weighted by Gasteiger charge is 2.12. The molecule has 2 aromatic carbocycles. The van der Waals surface area contributed by atoms with Crippen molar-refractivity contribution in [3.05, 3.63) is 53.1 Å². The average Bonchev–Trinajstić information content (AvgIpc) is 2.44. The van der Waals surface area contributed by atoms with Crippen LogP contribution in [-0.4, -0.2) is 0 Å². The van der Waals surface area contributed by atoms with E-state index < -0.39 is 0 Å². The van der Waals surface area contributed by atoms with Crippen molar-refractivity contribution in [2.45, 2.75) is 39.5 Å². The maximum Gasteiger partial charge on any atom is -0.0106 e. The number of fused-ring (bicyclic) bond motifs is 1. The van der Waals surface area contributed by atoms with Crippen molar-refractivity contribution < 1.29 is 0 Å². The summed E-state index contributed by atoms with van der Waals surface area (Å²) in [7, 11) is 0. The molecule has 0 radical (unpaired) electrons. The molecule has 0 atom stereocenters. The molecule has 1 aliphatic rings. The van der Waals surface area contributed by atoms with Gasteiger partial charge in [0.2, 0.25) is 0 Å². The summed E-state index contributed by atoms with van der Waals surface area (Å²) in [5.41, 5.74) is 5.86. The summed E-state index contributed by atoms with van der Waals surface area (Å²) in [6, 6.07) is 11.2. The van der Waals surface area contributed by atoms with Crippen LogP contribution < -0.4 is 0 Å². The average molecular weight is 236 g/mol. The van der Waals surface area contributed by atoms with Crippen molar-refractivity contribution >= 4 is 16.3 Å². The summed E-state index contributed by atoms with van der Waals surface area (Å²) in [6.07, 6.45) is 7.63. The van der Waals surface area contributed by atoms with E-state index in [-0.39, 0.29) is 0 Å². The molecule has 0 unspecified atom stereocenters. The molecule has 0 amide bonds. The zero-order chi connectivity index (χ0) is 12.5. The number of rotatable bonds is 1. The quantitative estimate of drug-likeness (QED) is 0.620. The molecule has 92 valence electrons. The van der Waals surface area contributed by atoms with Crippen molar-refractivity contribution in [2.24, 2.45) is 0 Å². The molecular formula is C18H20. The molecular weight excluding hydrogens is 216 g/mol. The van der Waals surface area contributed by atoms with Gasteiger partial charge in [0.1, 0.15) is 0 Å². The highest BCUT2D eigenvalue weighted by Crippen LogP contribution is 2.34. The van der Waals surface area contributed by atoms with Gasteiger partial charge in [-0.3, -0.25) is 0 Å². The SMILES string of the molecule is Cc1cc(C2=CCCCC2)c2ccccc2c1C. The normalized spacial score (nSPS) is 15.8.